The van der Waals surface area contributed by atoms with E-state index in [0.717, 1.165) is 16.9 Å². The van der Waals surface area contributed by atoms with Crippen molar-refractivity contribution in [2.75, 3.05) is 20.8 Å². The van der Waals surface area contributed by atoms with E-state index in [1.807, 2.05) is 36.1 Å². The van der Waals surface area contributed by atoms with E-state index in [1.165, 1.54) is 10.4 Å². The minimum Gasteiger partial charge on any atom is -0.493 e. The van der Waals surface area contributed by atoms with Crippen LogP contribution < -0.4 is 9.47 Å². The minimum atomic E-state index is 0.0834. The largest absolute Gasteiger partial charge is 0.493 e. The minimum absolute atomic E-state index is 0.0834. The molecule has 2 aromatic rings. The zero-order chi connectivity index (χ0) is 17.7. The van der Waals surface area contributed by atoms with E-state index < -0.39 is 0 Å². The molecule has 0 atom stereocenters. The van der Waals surface area contributed by atoms with Gasteiger partial charge in [-0.25, -0.2) is 0 Å². The normalized spacial score (nSPS) is 10.5. The van der Waals surface area contributed by atoms with Crippen molar-refractivity contribution in [3.05, 3.63) is 45.1 Å². The Hall–Kier alpha value is -2.01. The lowest BCUT2D eigenvalue weighted by Gasteiger charge is -2.21. The summed E-state index contributed by atoms with van der Waals surface area (Å²) in [5, 5.41) is 0. The Balaban J connectivity index is 2.20. The van der Waals surface area contributed by atoms with Gasteiger partial charge in [-0.05, 0) is 49.6 Å². The number of hydrogen-bond acceptors (Lipinski definition) is 4. The number of benzene rings is 1. The highest BCUT2D eigenvalue weighted by Crippen LogP contribution is 2.29. The van der Waals surface area contributed by atoms with Crippen molar-refractivity contribution in [3.8, 4) is 11.5 Å². The van der Waals surface area contributed by atoms with Gasteiger partial charge in [0.15, 0.2) is 11.5 Å². The molecule has 5 heteroatoms. The molecule has 1 aromatic heterocycles. The highest BCUT2D eigenvalue weighted by atomic mass is 32.1. The fraction of sp³-hybridized carbons (Fsp3) is 0.421. The lowest BCUT2D eigenvalue weighted by Crippen LogP contribution is -2.29. The number of carbonyl (C=O) groups excluding carboxylic acids is 1. The molecule has 0 saturated carbocycles. The summed E-state index contributed by atoms with van der Waals surface area (Å²) in [6.07, 6.45) is 0.956. The molecular weight excluding hydrogens is 322 g/mol. The van der Waals surface area contributed by atoms with Crippen molar-refractivity contribution >= 4 is 17.2 Å². The number of carbonyl (C=O) groups is 1. The van der Waals surface area contributed by atoms with Crippen LogP contribution >= 0.6 is 11.3 Å². The fourth-order valence-corrected chi connectivity index (χ4v) is 3.74. The van der Waals surface area contributed by atoms with Crippen molar-refractivity contribution in [2.24, 2.45) is 0 Å². The molecule has 1 aromatic carbocycles. The van der Waals surface area contributed by atoms with Crippen LogP contribution in [0.4, 0.5) is 0 Å². The van der Waals surface area contributed by atoms with Crippen molar-refractivity contribution in [1.29, 1.82) is 0 Å². The molecule has 2 rings (SSSR count). The van der Waals surface area contributed by atoms with E-state index in [1.54, 1.807) is 25.6 Å². The van der Waals surface area contributed by atoms with Crippen LogP contribution in [0.3, 0.4) is 0 Å². The quantitative estimate of drug-likeness (QED) is 0.749. The van der Waals surface area contributed by atoms with Gasteiger partial charge in [-0.3, -0.25) is 4.79 Å². The molecule has 0 fully saturated rings. The monoisotopic (exact) mass is 347 g/mol. The fourth-order valence-electron chi connectivity index (χ4n) is 2.66. The first-order valence-corrected chi connectivity index (χ1v) is 8.95. The van der Waals surface area contributed by atoms with Crippen LogP contribution in [0.2, 0.25) is 0 Å². The summed E-state index contributed by atoms with van der Waals surface area (Å²) in [6.45, 7) is 7.40. The van der Waals surface area contributed by atoms with Gasteiger partial charge >= 0.3 is 0 Å². The Morgan fingerprint density at radius 1 is 1.12 bits per heavy atom. The maximum atomic E-state index is 12.8. The molecule has 4 nitrogen and oxygen atoms in total. The van der Waals surface area contributed by atoms with Gasteiger partial charge in [0.1, 0.15) is 0 Å². The number of aryl methyl sites for hydroxylation is 2. The molecule has 0 aliphatic rings. The number of rotatable bonds is 7. The van der Waals surface area contributed by atoms with E-state index in [9.17, 15) is 4.79 Å². The standard InChI is InChI=1S/C19H25NO3S/c1-6-15-11-18(24-13(15)3)19(21)20(7-2)12-14-8-9-16(22-4)17(10-14)23-5/h8-11H,6-7,12H2,1-5H3. The second kappa shape index (κ2) is 8.20. The Bertz CT molecular complexity index is 709. The van der Waals surface area contributed by atoms with E-state index in [0.29, 0.717) is 24.6 Å². The molecule has 0 aliphatic carbocycles. The van der Waals surface area contributed by atoms with Gasteiger partial charge in [0.05, 0.1) is 19.1 Å². The first-order valence-electron chi connectivity index (χ1n) is 8.13. The lowest BCUT2D eigenvalue weighted by atomic mass is 10.1. The van der Waals surface area contributed by atoms with E-state index in [-0.39, 0.29) is 5.91 Å². The number of hydrogen-bond donors (Lipinski definition) is 0. The molecule has 24 heavy (non-hydrogen) atoms. The van der Waals surface area contributed by atoms with Gasteiger partial charge in [0, 0.05) is 18.0 Å². The molecule has 1 heterocycles. The SMILES string of the molecule is CCc1cc(C(=O)N(CC)Cc2ccc(OC)c(OC)c2)sc1C. The zero-order valence-electron chi connectivity index (χ0n) is 15.0. The van der Waals surface area contributed by atoms with Gasteiger partial charge in [0.25, 0.3) is 5.91 Å². The molecule has 0 N–H and O–H groups in total. The third-order valence-corrected chi connectivity index (χ3v) is 5.18. The molecule has 1 amide bonds. The zero-order valence-corrected chi connectivity index (χ0v) is 15.8. The Kier molecular flexibility index (Phi) is 6.26. The molecule has 130 valence electrons. The lowest BCUT2D eigenvalue weighted by molar-refractivity contribution is 0.0757. The third kappa shape index (κ3) is 3.90. The van der Waals surface area contributed by atoms with Crippen LogP contribution in [0.1, 0.15) is 39.5 Å². The number of ether oxygens (including phenoxy) is 2. The molecule has 0 aliphatic heterocycles. The van der Waals surface area contributed by atoms with Crippen molar-refractivity contribution in [2.45, 2.75) is 33.7 Å². The second-order valence-electron chi connectivity index (χ2n) is 5.55. The highest BCUT2D eigenvalue weighted by molar-refractivity contribution is 7.14. The van der Waals surface area contributed by atoms with E-state index in [4.69, 9.17) is 9.47 Å². The van der Waals surface area contributed by atoms with E-state index in [2.05, 4.69) is 13.8 Å². The van der Waals surface area contributed by atoms with Crippen LogP contribution in [-0.2, 0) is 13.0 Å². The first kappa shape index (κ1) is 18.3. The molecule has 0 bridgehead atoms. The summed E-state index contributed by atoms with van der Waals surface area (Å²) < 4.78 is 10.6. The van der Waals surface area contributed by atoms with Crippen LogP contribution in [0.25, 0.3) is 0 Å². The molecule has 0 unspecified atom stereocenters. The molecule has 0 saturated heterocycles. The molecule has 0 radical (unpaired) electrons. The maximum absolute atomic E-state index is 12.8. The van der Waals surface area contributed by atoms with Crippen LogP contribution in [0, 0.1) is 6.92 Å². The average molecular weight is 347 g/mol. The van der Waals surface area contributed by atoms with Gasteiger partial charge < -0.3 is 14.4 Å². The highest BCUT2D eigenvalue weighted by Gasteiger charge is 2.18. The van der Waals surface area contributed by atoms with Gasteiger partial charge in [-0.2, -0.15) is 0 Å². The Morgan fingerprint density at radius 3 is 2.38 bits per heavy atom. The van der Waals surface area contributed by atoms with Gasteiger partial charge in [-0.15, -0.1) is 11.3 Å². The third-order valence-electron chi connectivity index (χ3n) is 4.10. The number of thiophene rings is 1. The van der Waals surface area contributed by atoms with Crippen molar-refractivity contribution in [1.82, 2.24) is 4.90 Å². The smallest absolute Gasteiger partial charge is 0.264 e. The maximum Gasteiger partial charge on any atom is 0.264 e. The topological polar surface area (TPSA) is 38.8 Å². The molecular formula is C19H25NO3S. The summed E-state index contributed by atoms with van der Waals surface area (Å²) in [7, 11) is 3.23. The van der Waals surface area contributed by atoms with E-state index >= 15 is 0 Å². The number of nitrogens with zero attached hydrogens (tertiary/aromatic N) is 1. The summed E-state index contributed by atoms with van der Waals surface area (Å²) >= 11 is 1.58. The summed E-state index contributed by atoms with van der Waals surface area (Å²) in [5.74, 6) is 1.45. The Labute approximate surface area is 148 Å². The number of amides is 1. The van der Waals surface area contributed by atoms with Crippen LogP contribution in [0.15, 0.2) is 24.3 Å². The van der Waals surface area contributed by atoms with Crippen molar-refractivity contribution in [3.63, 3.8) is 0 Å². The summed E-state index contributed by atoms with van der Waals surface area (Å²) in [4.78, 5) is 16.7. The predicted octanol–water partition coefficient (Wildman–Crippen LogP) is 4.30. The van der Waals surface area contributed by atoms with Crippen LogP contribution in [0.5, 0.6) is 11.5 Å². The average Bonchev–Trinajstić information content (AvgIpc) is 2.99. The summed E-state index contributed by atoms with van der Waals surface area (Å²) in [5.41, 5.74) is 2.28. The predicted molar refractivity (Wildman–Crippen MR) is 98.4 cm³/mol. The van der Waals surface area contributed by atoms with Crippen molar-refractivity contribution < 1.29 is 14.3 Å². The second-order valence-corrected chi connectivity index (χ2v) is 6.81. The Morgan fingerprint density at radius 2 is 1.83 bits per heavy atom. The van der Waals surface area contributed by atoms with Gasteiger partial charge in [0.2, 0.25) is 0 Å². The summed E-state index contributed by atoms with van der Waals surface area (Å²) in [6, 6.07) is 7.79. The first-order chi connectivity index (χ1) is 11.5. The van der Waals surface area contributed by atoms with Gasteiger partial charge in [-0.1, -0.05) is 13.0 Å². The number of methoxy groups -OCH3 is 2. The van der Waals surface area contributed by atoms with Crippen LogP contribution in [-0.4, -0.2) is 31.6 Å². The molecule has 0 spiro atoms.